The molecule has 0 spiro atoms. The Morgan fingerprint density at radius 2 is 1.54 bits per heavy atom. The summed E-state index contributed by atoms with van der Waals surface area (Å²) >= 11 is 0. The summed E-state index contributed by atoms with van der Waals surface area (Å²) in [4.78, 5) is 28.1. The normalized spacial score (nSPS) is 12.2. The molecule has 0 heterocycles. The Morgan fingerprint density at radius 1 is 0.923 bits per heavy atom. The molecule has 2 amide bonds. The molecule has 0 bridgehead atoms. The Kier molecular flexibility index (Phi) is 9.80. The molecule has 208 valence electrons. The van der Waals surface area contributed by atoms with E-state index in [1.165, 1.54) is 59.5 Å². The van der Waals surface area contributed by atoms with E-state index in [1.54, 1.807) is 39.8 Å². The number of carbonyl (C=O) groups excluding carboxylic acids is 2. The smallest absolute Gasteiger partial charge is 0.264 e. The van der Waals surface area contributed by atoms with Crippen LogP contribution >= 0.6 is 0 Å². The first-order valence-electron chi connectivity index (χ1n) is 12.6. The van der Waals surface area contributed by atoms with Gasteiger partial charge >= 0.3 is 0 Å². The summed E-state index contributed by atoms with van der Waals surface area (Å²) in [7, 11) is -4.38. The molecular weight excluding hydrogens is 524 g/mol. The Hall–Kier alpha value is -3.79. The highest BCUT2D eigenvalue weighted by Crippen LogP contribution is 2.27. The van der Waals surface area contributed by atoms with Gasteiger partial charge in [0, 0.05) is 12.6 Å². The molecule has 0 radical (unpaired) electrons. The first-order chi connectivity index (χ1) is 18.4. The topological polar surface area (TPSA) is 86.8 Å². The van der Waals surface area contributed by atoms with Crippen LogP contribution in [0.5, 0.6) is 0 Å². The number of nitrogens with zero attached hydrogens (tertiary/aromatic N) is 2. The lowest BCUT2D eigenvalue weighted by Crippen LogP contribution is -2.53. The van der Waals surface area contributed by atoms with Gasteiger partial charge in [-0.15, -0.1) is 0 Å². The van der Waals surface area contributed by atoms with Gasteiger partial charge in [0.2, 0.25) is 11.8 Å². The number of benzene rings is 3. The molecule has 10 heteroatoms. The summed E-state index contributed by atoms with van der Waals surface area (Å²) in [6.45, 7) is 6.25. The van der Waals surface area contributed by atoms with E-state index in [2.05, 4.69) is 5.32 Å². The third-order valence-corrected chi connectivity index (χ3v) is 7.87. The van der Waals surface area contributed by atoms with Crippen molar-refractivity contribution in [1.29, 1.82) is 0 Å². The molecule has 3 aromatic rings. The Bertz CT molecular complexity index is 1390. The van der Waals surface area contributed by atoms with Crippen LogP contribution in [0.2, 0.25) is 0 Å². The molecule has 39 heavy (non-hydrogen) atoms. The van der Waals surface area contributed by atoms with E-state index >= 15 is 0 Å². The SMILES string of the molecule is CC[C@H](C(=O)NC(C)C)N(Cc1ccc(F)cc1)C(=O)CN(c1ccccc1F)S(=O)(=O)c1ccc(C)cc1. The van der Waals surface area contributed by atoms with Crippen LogP contribution in [0.4, 0.5) is 14.5 Å². The number of nitrogens with one attached hydrogen (secondary N) is 1. The van der Waals surface area contributed by atoms with E-state index < -0.39 is 46.1 Å². The molecule has 0 saturated heterocycles. The number of halogens is 2. The first-order valence-corrected chi connectivity index (χ1v) is 14.1. The van der Waals surface area contributed by atoms with Crippen molar-refractivity contribution in [2.45, 2.75) is 57.6 Å². The molecule has 0 fully saturated rings. The Labute approximate surface area is 228 Å². The largest absolute Gasteiger partial charge is 0.352 e. The Morgan fingerprint density at radius 3 is 2.10 bits per heavy atom. The van der Waals surface area contributed by atoms with Crippen molar-refractivity contribution in [3.8, 4) is 0 Å². The van der Waals surface area contributed by atoms with Gasteiger partial charge in [-0.25, -0.2) is 17.2 Å². The monoisotopic (exact) mass is 557 g/mol. The summed E-state index contributed by atoms with van der Waals surface area (Å²) in [5.74, 6) is -2.42. The molecule has 1 N–H and O–H groups in total. The maximum atomic E-state index is 15.0. The predicted molar refractivity (Wildman–Crippen MR) is 146 cm³/mol. The van der Waals surface area contributed by atoms with Gasteiger partial charge in [0.25, 0.3) is 10.0 Å². The van der Waals surface area contributed by atoms with E-state index in [9.17, 15) is 26.8 Å². The second kappa shape index (κ2) is 12.8. The first kappa shape index (κ1) is 29.8. The van der Waals surface area contributed by atoms with Crippen molar-refractivity contribution < 1.29 is 26.8 Å². The minimum absolute atomic E-state index is 0.0845. The standard InChI is InChI=1S/C29H33F2N3O4S/c1-5-26(29(36)32-20(2)3)33(18-22-12-14-23(30)15-13-22)28(35)19-34(27-9-7-6-8-25(27)31)39(37,38)24-16-10-21(4)11-17-24/h6-17,20,26H,5,18-19H2,1-4H3,(H,32,36)/t26-/m1/s1. The summed E-state index contributed by atoms with van der Waals surface area (Å²) in [6.07, 6.45) is 0.232. The minimum Gasteiger partial charge on any atom is -0.352 e. The average Bonchev–Trinajstić information content (AvgIpc) is 2.88. The summed E-state index contributed by atoms with van der Waals surface area (Å²) in [6, 6.07) is 15.6. The van der Waals surface area contributed by atoms with Crippen molar-refractivity contribution >= 4 is 27.5 Å². The van der Waals surface area contributed by atoms with Gasteiger partial charge < -0.3 is 10.2 Å². The highest BCUT2D eigenvalue weighted by Gasteiger charge is 2.34. The average molecular weight is 558 g/mol. The Balaban J connectivity index is 2.07. The van der Waals surface area contributed by atoms with Gasteiger partial charge in [-0.3, -0.25) is 13.9 Å². The fourth-order valence-corrected chi connectivity index (χ4v) is 5.51. The molecule has 0 unspecified atom stereocenters. The highest BCUT2D eigenvalue weighted by molar-refractivity contribution is 7.92. The number of para-hydroxylation sites is 1. The van der Waals surface area contributed by atoms with E-state index in [4.69, 9.17) is 0 Å². The van der Waals surface area contributed by atoms with Crippen LogP contribution in [0.1, 0.15) is 38.3 Å². The quantitative estimate of drug-likeness (QED) is 0.367. The third kappa shape index (κ3) is 7.41. The van der Waals surface area contributed by atoms with E-state index in [-0.39, 0.29) is 29.6 Å². The lowest BCUT2D eigenvalue weighted by atomic mass is 10.1. The van der Waals surface area contributed by atoms with Gasteiger partial charge in [-0.1, -0.05) is 48.9 Å². The van der Waals surface area contributed by atoms with Gasteiger partial charge in [0.05, 0.1) is 10.6 Å². The van der Waals surface area contributed by atoms with Gasteiger partial charge in [-0.2, -0.15) is 0 Å². The van der Waals surface area contributed by atoms with Crippen LogP contribution in [0.3, 0.4) is 0 Å². The zero-order chi connectivity index (χ0) is 28.7. The van der Waals surface area contributed by atoms with Crippen LogP contribution in [0, 0.1) is 18.6 Å². The van der Waals surface area contributed by atoms with Crippen LogP contribution < -0.4 is 9.62 Å². The van der Waals surface area contributed by atoms with E-state index in [0.29, 0.717) is 5.56 Å². The number of rotatable bonds is 11. The summed E-state index contributed by atoms with van der Waals surface area (Å²) in [5, 5.41) is 2.79. The van der Waals surface area contributed by atoms with Gasteiger partial charge in [0.15, 0.2) is 0 Å². The summed E-state index contributed by atoms with van der Waals surface area (Å²) in [5.41, 5.74) is 1.07. The predicted octanol–water partition coefficient (Wildman–Crippen LogP) is 4.80. The van der Waals surface area contributed by atoms with Crippen molar-refractivity contribution in [3.63, 3.8) is 0 Å². The van der Waals surface area contributed by atoms with E-state index in [0.717, 1.165) is 15.9 Å². The number of hydrogen-bond acceptors (Lipinski definition) is 4. The molecule has 0 aromatic heterocycles. The maximum absolute atomic E-state index is 15.0. The van der Waals surface area contributed by atoms with Crippen LogP contribution in [-0.2, 0) is 26.2 Å². The van der Waals surface area contributed by atoms with Gasteiger partial charge in [-0.05, 0) is 69.2 Å². The summed E-state index contributed by atoms with van der Waals surface area (Å²) < 4.78 is 56.7. The van der Waals surface area contributed by atoms with Crippen molar-refractivity contribution in [2.24, 2.45) is 0 Å². The molecular formula is C29H33F2N3O4S. The van der Waals surface area contributed by atoms with Crippen LogP contribution in [0.15, 0.2) is 77.7 Å². The molecule has 0 saturated carbocycles. The van der Waals surface area contributed by atoms with Gasteiger partial charge in [0.1, 0.15) is 24.2 Å². The van der Waals surface area contributed by atoms with Crippen LogP contribution in [0.25, 0.3) is 0 Å². The molecule has 3 rings (SSSR count). The highest BCUT2D eigenvalue weighted by atomic mass is 32.2. The molecule has 3 aromatic carbocycles. The molecule has 7 nitrogen and oxygen atoms in total. The molecule has 1 atom stereocenters. The zero-order valence-electron chi connectivity index (χ0n) is 22.4. The van der Waals surface area contributed by atoms with Crippen LogP contribution in [-0.4, -0.2) is 43.8 Å². The molecule has 0 aliphatic carbocycles. The fraction of sp³-hybridized carbons (Fsp3) is 0.310. The number of aryl methyl sites for hydroxylation is 1. The second-order valence-corrected chi connectivity index (χ2v) is 11.4. The van der Waals surface area contributed by atoms with Crippen molar-refractivity contribution in [2.75, 3.05) is 10.8 Å². The third-order valence-electron chi connectivity index (χ3n) is 6.09. The maximum Gasteiger partial charge on any atom is 0.264 e. The second-order valence-electron chi connectivity index (χ2n) is 9.51. The number of carbonyl (C=O) groups is 2. The van der Waals surface area contributed by atoms with Crippen molar-refractivity contribution in [1.82, 2.24) is 10.2 Å². The van der Waals surface area contributed by atoms with E-state index in [1.807, 2.05) is 0 Å². The lowest BCUT2D eigenvalue weighted by molar-refractivity contribution is -0.140. The fourth-order valence-electron chi connectivity index (χ4n) is 4.09. The van der Waals surface area contributed by atoms with Crippen molar-refractivity contribution in [3.05, 3.63) is 95.6 Å². The zero-order valence-corrected chi connectivity index (χ0v) is 23.2. The number of sulfonamides is 1. The molecule has 0 aliphatic rings. The number of anilines is 1. The molecule has 0 aliphatic heterocycles. The minimum atomic E-state index is -4.38. The number of amides is 2. The lowest BCUT2D eigenvalue weighted by Gasteiger charge is -2.33. The number of hydrogen-bond donors (Lipinski definition) is 1.